The van der Waals surface area contributed by atoms with Crippen LogP contribution in [-0.4, -0.2) is 4.98 Å². The average Bonchev–Trinajstić information content (AvgIpc) is 3.64. The summed E-state index contributed by atoms with van der Waals surface area (Å²) in [7, 11) is 0. The minimum absolute atomic E-state index is 0.0457. The van der Waals surface area contributed by atoms with Crippen molar-refractivity contribution in [3.63, 3.8) is 0 Å². The molecule has 0 aliphatic rings. The van der Waals surface area contributed by atoms with Crippen LogP contribution in [0.2, 0.25) is 0 Å². The second-order valence-corrected chi connectivity index (χ2v) is 12.3. The zero-order valence-corrected chi connectivity index (χ0v) is 26.8. The van der Waals surface area contributed by atoms with Gasteiger partial charge in [0.25, 0.3) is 0 Å². The molecule has 9 rings (SSSR count). The molecule has 8 aromatic carbocycles. The zero-order valence-electron chi connectivity index (χ0n) is 26.8. The summed E-state index contributed by atoms with van der Waals surface area (Å²) < 4.78 is 6.84. The van der Waals surface area contributed by atoms with Gasteiger partial charge >= 0.3 is 0 Å². The summed E-state index contributed by atoms with van der Waals surface area (Å²) >= 11 is 0. The third-order valence-corrected chi connectivity index (χ3v) is 9.36. The number of para-hydroxylation sites is 2. The summed E-state index contributed by atoms with van der Waals surface area (Å²) in [4.78, 5) is 7.50. The highest BCUT2D eigenvalue weighted by molar-refractivity contribution is 6.24. The van der Waals surface area contributed by atoms with E-state index in [1.54, 1.807) is 0 Å². The Morgan fingerprint density at radius 2 is 0.939 bits per heavy atom. The molecule has 0 atom stereocenters. The van der Waals surface area contributed by atoms with E-state index in [1.165, 1.54) is 22.1 Å². The van der Waals surface area contributed by atoms with Gasteiger partial charge in [-0.2, -0.15) is 0 Å². The predicted octanol–water partition coefficient (Wildman–Crippen LogP) is 12.5. The van der Waals surface area contributed by atoms with Crippen LogP contribution in [0.1, 0.15) is 22.6 Å². The van der Waals surface area contributed by atoms with Gasteiger partial charge in [0, 0.05) is 39.3 Å². The first kappa shape index (κ1) is 28.7. The zero-order chi connectivity index (χ0) is 32.6. The van der Waals surface area contributed by atoms with Gasteiger partial charge in [-0.3, -0.25) is 0 Å². The number of hydrogen-bond acceptors (Lipinski definition) is 3. The fourth-order valence-electron chi connectivity index (χ4n) is 7.23. The number of rotatable bonds is 7. The van der Waals surface area contributed by atoms with Crippen molar-refractivity contribution in [3.8, 4) is 11.5 Å². The molecule has 0 fully saturated rings. The van der Waals surface area contributed by atoms with E-state index in [9.17, 15) is 0 Å². The van der Waals surface area contributed by atoms with Crippen LogP contribution >= 0.6 is 0 Å². The van der Waals surface area contributed by atoms with Gasteiger partial charge in [0.15, 0.2) is 5.58 Å². The number of aromatic nitrogens is 1. The fraction of sp³-hybridized carbons (Fsp3) is 0.0217. The third-order valence-electron chi connectivity index (χ3n) is 9.36. The van der Waals surface area contributed by atoms with Crippen LogP contribution in [0.25, 0.3) is 44.1 Å². The number of anilines is 3. The van der Waals surface area contributed by atoms with Gasteiger partial charge in [0.2, 0.25) is 5.89 Å². The summed E-state index contributed by atoms with van der Waals surface area (Å²) in [6.45, 7) is 0. The van der Waals surface area contributed by atoms with Crippen molar-refractivity contribution in [1.29, 1.82) is 0 Å². The number of fused-ring (bicyclic) bond motifs is 6. The van der Waals surface area contributed by atoms with Crippen molar-refractivity contribution in [1.82, 2.24) is 4.98 Å². The molecule has 1 heterocycles. The van der Waals surface area contributed by atoms with Gasteiger partial charge in [-0.15, -0.1) is 0 Å². The first-order chi connectivity index (χ1) is 24.3. The molecule has 0 saturated carbocycles. The van der Waals surface area contributed by atoms with Crippen molar-refractivity contribution in [2.75, 3.05) is 4.90 Å². The van der Waals surface area contributed by atoms with Crippen LogP contribution in [0.5, 0.6) is 0 Å². The lowest BCUT2D eigenvalue weighted by atomic mass is 9.81. The minimum atomic E-state index is -0.0457. The largest absolute Gasteiger partial charge is 0.435 e. The molecule has 0 bridgehead atoms. The molecule has 0 amide bonds. The molecular formula is C46H32N2O. The number of benzene rings is 8. The highest BCUT2D eigenvalue weighted by Gasteiger charge is 2.26. The number of hydrogen-bond donors (Lipinski definition) is 0. The Bertz CT molecular complexity index is 2450. The normalized spacial score (nSPS) is 11.4. The van der Waals surface area contributed by atoms with Crippen LogP contribution in [0, 0.1) is 0 Å². The lowest BCUT2D eigenvalue weighted by Crippen LogP contribution is -2.12. The first-order valence-corrected chi connectivity index (χ1v) is 16.7. The van der Waals surface area contributed by atoms with E-state index in [1.807, 2.05) is 18.2 Å². The van der Waals surface area contributed by atoms with Crippen LogP contribution in [0.3, 0.4) is 0 Å². The first-order valence-electron chi connectivity index (χ1n) is 16.7. The summed E-state index contributed by atoms with van der Waals surface area (Å²) in [6, 6.07) is 66.4. The number of nitrogens with zero attached hydrogens (tertiary/aromatic N) is 2. The van der Waals surface area contributed by atoms with E-state index < -0.39 is 0 Å². The standard InChI is InChI=1S/C46H32N2O/c1-6-18-32(19-7-1)42(33-20-8-2-9-21-33)40-30-37(48(35-24-12-4-13-25-35)36-26-14-5-15-27-36)31-41-43(40)38-28-16-17-29-39(38)44-45(41)49-46(47-44)34-22-10-3-11-23-34/h1-31,42H. The van der Waals surface area contributed by atoms with Gasteiger partial charge < -0.3 is 9.32 Å². The molecular weight excluding hydrogens is 597 g/mol. The Labute approximate surface area is 285 Å². The van der Waals surface area contributed by atoms with Crippen molar-refractivity contribution < 1.29 is 4.42 Å². The highest BCUT2D eigenvalue weighted by atomic mass is 16.3. The molecule has 0 unspecified atom stereocenters. The van der Waals surface area contributed by atoms with Crippen LogP contribution < -0.4 is 4.90 Å². The maximum absolute atomic E-state index is 6.84. The number of oxazole rings is 1. The maximum Gasteiger partial charge on any atom is 0.227 e. The molecule has 3 nitrogen and oxygen atoms in total. The Morgan fingerprint density at radius 3 is 1.51 bits per heavy atom. The molecule has 0 saturated heterocycles. The SMILES string of the molecule is c1ccc(-c2nc3c4ccccc4c4c(C(c5ccccc5)c5ccccc5)cc(N(c5ccccc5)c5ccccc5)cc4c3o2)cc1. The van der Waals surface area contributed by atoms with E-state index >= 15 is 0 Å². The lowest BCUT2D eigenvalue weighted by molar-refractivity contribution is 0.623. The smallest absolute Gasteiger partial charge is 0.227 e. The van der Waals surface area contributed by atoms with Crippen LogP contribution in [-0.2, 0) is 0 Å². The molecule has 0 spiro atoms. The molecule has 1 aromatic heterocycles. The fourth-order valence-corrected chi connectivity index (χ4v) is 7.23. The lowest BCUT2D eigenvalue weighted by Gasteiger charge is -2.29. The molecule has 9 aromatic rings. The summed E-state index contributed by atoms with van der Waals surface area (Å²) in [5, 5.41) is 4.43. The van der Waals surface area contributed by atoms with Crippen LogP contribution in [0.15, 0.2) is 192 Å². The summed E-state index contributed by atoms with van der Waals surface area (Å²) in [6.07, 6.45) is 0. The third kappa shape index (κ3) is 5.13. The molecule has 0 N–H and O–H groups in total. The second-order valence-electron chi connectivity index (χ2n) is 12.3. The van der Waals surface area contributed by atoms with Gasteiger partial charge in [0.05, 0.1) is 0 Å². The van der Waals surface area contributed by atoms with Crippen molar-refractivity contribution >= 4 is 49.7 Å². The maximum atomic E-state index is 6.84. The predicted molar refractivity (Wildman–Crippen MR) is 203 cm³/mol. The summed E-state index contributed by atoms with van der Waals surface area (Å²) in [5.74, 6) is 0.571. The quantitative estimate of drug-likeness (QED) is 0.130. The molecule has 232 valence electrons. The topological polar surface area (TPSA) is 29.3 Å². The van der Waals surface area contributed by atoms with Crippen molar-refractivity contribution in [3.05, 3.63) is 205 Å². The molecule has 3 heteroatoms. The summed E-state index contributed by atoms with van der Waals surface area (Å²) in [5.41, 5.74) is 9.47. The van der Waals surface area contributed by atoms with Crippen LogP contribution in [0.4, 0.5) is 17.1 Å². The molecule has 0 radical (unpaired) electrons. The van der Waals surface area contributed by atoms with E-state index in [-0.39, 0.29) is 5.92 Å². The molecule has 0 aliphatic carbocycles. The highest BCUT2D eigenvalue weighted by Crippen LogP contribution is 2.47. The van der Waals surface area contributed by atoms with E-state index in [0.29, 0.717) is 5.89 Å². The van der Waals surface area contributed by atoms with Gasteiger partial charge in [-0.05, 0) is 76.0 Å². The Hall–Kier alpha value is -6.45. The second kappa shape index (κ2) is 12.3. The van der Waals surface area contributed by atoms with E-state index in [2.05, 4.69) is 175 Å². The Morgan fingerprint density at radius 1 is 0.449 bits per heavy atom. The van der Waals surface area contributed by atoms with Gasteiger partial charge in [-0.1, -0.05) is 140 Å². The van der Waals surface area contributed by atoms with Gasteiger partial charge in [0.1, 0.15) is 5.52 Å². The van der Waals surface area contributed by atoms with Crippen molar-refractivity contribution in [2.24, 2.45) is 0 Å². The van der Waals surface area contributed by atoms with Crippen molar-refractivity contribution in [2.45, 2.75) is 5.92 Å². The Kier molecular flexibility index (Phi) is 7.21. The van der Waals surface area contributed by atoms with E-state index in [4.69, 9.17) is 9.40 Å². The average molecular weight is 629 g/mol. The van der Waals surface area contributed by atoms with E-state index in [0.717, 1.165) is 49.9 Å². The van der Waals surface area contributed by atoms with Gasteiger partial charge in [-0.25, -0.2) is 4.98 Å². The Balaban J connectivity index is 1.45. The minimum Gasteiger partial charge on any atom is -0.435 e. The molecule has 49 heavy (non-hydrogen) atoms. The monoisotopic (exact) mass is 628 g/mol. The molecule has 0 aliphatic heterocycles.